The van der Waals surface area contributed by atoms with Gasteiger partial charge in [-0.1, -0.05) is 11.6 Å². The van der Waals surface area contributed by atoms with Crippen LogP contribution in [0, 0.1) is 5.92 Å². The largest absolute Gasteiger partial charge is 0.373 e. The summed E-state index contributed by atoms with van der Waals surface area (Å²) in [6.45, 7) is 0. The molecule has 2 aliphatic rings. The van der Waals surface area contributed by atoms with E-state index in [-0.39, 0.29) is 6.10 Å². The molecule has 0 N–H and O–H groups in total. The lowest BCUT2D eigenvalue weighted by atomic mass is 10.2. The average Bonchev–Trinajstić information content (AvgIpc) is 2.96. The number of aryl methyl sites for hydroxylation is 1. The highest BCUT2D eigenvalue weighted by Gasteiger charge is 2.35. The molecule has 1 unspecified atom stereocenters. The minimum absolute atomic E-state index is 0.0448. The zero-order valence-corrected chi connectivity index (χ0v) is 10.1. The first kappa shape index (κ1) is 10.5. The van der Waals surface area contributed by atoms with Gasteiger partial charge in [-0.3, -0.25) is 0 Å². The van der Waals surface area contributed by atoms with Crippen molar-refractivity contribution in [2.75, 3.05) is 7.11 Å². The number of rotatable bonds is 3. The lowest BCUT2D eigenvalue weighted by molar-refractivity contribution is 0.0770. The fourth-order valence-electron chi connectivity index (χ4n) is 2.44. The molecule has 1 heterocycles. The minimum Gasteiger partial charge on any atom is -0.373 e. The van der Waals surface area contributed by atoms with Crippen molar-refractivity contribution in [2.45, 2.75) is 38.2 Å². The summed E-state index contributed by atoms with van der Waals surface area (Å²) < 4.78 is 5.49. The second-order valence-corrected chi connectivity index (χ2v) is 5.00. The van der Waals surface area contributed by atoms with E-state index in [9.17, 15) is 0 Å². The Morgan fingerprint density at radius 3 is 2.81 bits per heavy atom. The highest BCUT2D eigenvalue weighted by molar-refractivity contribution is 6.30. The van der Waals surface area contributed by atoms with E-state index in [4.69, 9.17) is 16.3 Å². The molecule has 0 aliphatic heterocycles. The lowest BCUT2D eigenvalue weighted by Crippen LogP contribution is -2.11. The molecule has 0 saturated heterocycles. The van der Waals surface area contributed by atoms with E-state index >= 15 is 0 Å². The Kier molecular flexibility index (Phi) is 2.60. The van der Waals surface area contributed by atoms with Crippen LogP contribution in [0.1, 0.15) is 42.4 Å². The SMILES string of the molecule is COC(c1nc(Cl)c2c(n1)CCC2)C1CC1. The van der Waals surface area contributed by atoms with Gasteiger partial charge in [-0.2, -0.15) is 0 Å². The first-order valence-electron chi connectivity index (χ1n) is 5.87. The average molecular weight is 239 g/mol. The van der Waals surface area contributed by atoms with Gasteiger partial charge in [-0.05, 0) is 38.0 Å². The Balaban J connectivity index is 1.98. The maximum absolute atomic E-state index is 6.19. The number of ether oxygens (including phenoxy) is 1. The monoisotopic (exact) mass is 238 g/mol. The van der Waals surface area contributed by atoms with Crippen molar-refractivity contribution in [1.82, 2.24) is 9.97 Å². The van der Waals surface area contributed by atoms with Crippen molar-refractivity contribution in [3.8, 4) is 0 Å². The second-order valence-electron chi connectivity index (χ2n) is 4.65. The van der Waals surface area contributed by atoms with E-state index in [0.29, 0.717) is 11.1 Å². The number of fused-ring (bicyclic) bond motifs is 1. The molecule has 3 rings (SSSR count). The van der Waals surface area contributed by atoms with Crippen LogP contribution in [-0.2, 0) is 17.6 Å². The Labute approximate surface area is 100 Å². The van der Waals surface area contributed by atoms with Crippen LogP contribution in [0.15, 0.2) is 0 Å². The molecule has 2 aliphatic carbocycles. The third-order valence-electron chi connectivity index (χ3n) is 3.46. The summed E-state index contributed by atoms with van der Waals surface area (Å²) in [5, 5.41) is 0.639. The predicted octanol–water partition coefficient (Wildman–Crippen LogP) is 2.72. The van der Waals surface area contributed by atoms with Gasteiger partial charge in [0.2, 0.25) is 0 Å². The van der Waals surface area contributed by atoms with Gasteiger partial charge in [-0.15, -0.1) is 0 Å². The summed E-state index contributed by atoms with van der Waals surface area (Å²) in [5.74, 6) is 1.39. The topological polar surface area (TPSA) is 35.0 Å². The Morgan fingerprint density at radius 2 is 2.12 bits per heavy atom. The molecule has 1 saturated carbocycles. The van der Waals surface area contributed by atoms with Crippen molar-refractivity contribution in [3.05, 3.63) is 22.2 Å². The quantitative estimate of drug-likeness (QED) is 0.760. The zero-order chi connectivity index (χ0) is 11.1. The van der Waals surface area contributed by atoms with Crippen LogP contribution >= 0.6 is 11.6 Å². The van der Waals surface area contributed by atoms with E-state index in [1.165, 1.54) is 12.8 Å². The Hall–Kier alpha value is -0.670. The smallest absolute Gasteiger partial charge is 0.159 e. The maximum Gasteiger partial charge on any atom is 0.159 e. The summed E-state index contributed by atoms with van der Waals surface area (Å²) in [5.41, 5.74) is 2.29. The normalized spacial score (nSPS) is 20.9. The van der Waals surface area contributed by atoms with Gasteiger partial charge in [0.1, 0.15) is 11.3 Å². The molecule has 0 spiro atoms. The van der Waals surface area contributed by atoms with Gasteiger partial charge >= 0.3 is 0 Å². The number of halogens is 1. The molecule has 0 aromatic carbocycles. The standard InChI is InChI=1S/C12H15ClN2O/c1-16-10(7-5-6-7)12-14-9-4-2-3-8(9)11(13)15-12/h7,10H,2-6H2,1H3. The first-order chi connectivity index (χ1) is 7.79. The van der Waals surface area contributed by atoms with Gasteiger partial charge in [-0.25, -0.2) is 9.97 Å². The molecule has 3 nitrogen and oxygen atoms in total. The van der Waals surface area contributed by atoms with Crippen LogP contribution in [0.2, 0.25) is 5.15 Å². The number of hydrogen-bond acceptors (Lipinski definition) is 3. The molecule has 0 bridgehead atoms. The summed E-state index contributed by atoms with van der Waals surface area (Å²) in [4.78, 5) is 9.03. The summed E-state index contributed by atoms with van der Waals surface area (Å²) in [7, 11) is 1.73. The fraction of sp³-hybridized carbons (Fsp3) is 0.667. The highest BCUT2D eigenvalue weighted by atomic mass is 35.5. The van der Waals surface area contributed by atoms with Crippen molar-refractivity contribution in [2.24, 2.45) is 5.92 Å². The van der Waals surface area contributed by atoms with Crippen LogP contribution in [-0.4, -0.2) is 17.1 Å². The molecular formula is C12H15ClN2O. The van der Waals surface area contributed by atoms with Crippen molar-refractivity contribution >= 4 is 11.6 Å². The lowest BCUT2D eigenvalue weighted by Gasteiger charge is -2.14. The highest BCUT2D eigenvalue weighted by Crippen LogP contribution is 2.42. The Morgan fingerprint density at radius 1 is 1.31 bits per heavy atom. The van der Waals surface area contributed by atoms with E-state index < -0.39 is 0 Å². The predicted molar refractivity (Wildman–Crippen MR) is 61.5 cm³/mol. The fourth-order valence-corrected chi connectivity index (χ4v) is 2.73. The van der Waals surface area contributed by atoms with E-state index in [1.807, 2.05) is 0 Å². The second kappa shape index (κ2) is 3.97. The van der Waals surface area contributed by atoms with Crippen LogP contribution in [0.5, 0.6) is 0 Å². The van der Waals surface area contributed by atoms with E-state index in [1.54, 1.807) is 7.11 Å². The molecular weight excluding hydrogens is 224 g/mol. The van der Waals surface area contributed by atoms with Gasteiger partial charge in [0, 0.05) is 18.4 Å². The molecule has 4 heteroatoms. The molecule has 16 heavy (non-hydrogen) atoms. The van der Waals surface area contributed by atoms with Crippen LogP contribution in [0.3, 0.4) is 0 Å². The van der Waals surface area contributed by atoms with Crippen molar-refractivity contribution in [3.63, 3.8) is 0 Å². The maximum atomic E-state index is 6.19. The van der Waals surface area contributed by atoms with Gasteiger partial charge in [0.05, 0.1) is 0 Å². The molecule has 86 valence electrons. The Bertz CT molecular complexity index is 418. The van der Waals surface area contributed by atoms with Gasteiger partial charge < -0.3 is 4.74 Å². The molecule has 1 atom stereocenters. The van der Waals surface area contributed by atoms with E-state index in [0.717, 1.165) is 36.3 Å². The first-order valence-corrected chi connectivity index (χ1v) is 6.25. The molecule has 1 aromatic rings. The third-order valence-corrected chi connectivity index (χ3v) is 3.77. The van der Waals surface area contributed by atoms with Gasteiger partial charge in [0.15, 0.2) is 5.82 Å². The summed E-state index contributed by atoms with van der Waals surface area (Å²) >= 11 is 6.19. The minimum atomic E-state index is 0.0448. The van der Waals surface area contributed by atoms with Crippen LogP contribution in [0.25, 0.3) is 0 Å². The molecule has 1 aromatic heterocycles. The zero-order valence-electron chi connectivity index (χ0n) is 9.37. The van der Waals surface area contributed by atoms with E-state index in [2.05, 4.69) is 9.97 Å². The van der Waals surface area contributed by atoms with Gasteiger partial charge in [0.25, 0.3) is 0 Å². The molecule has 0 radical (unpaired) electrons. The number of aromatic nitrogens is 2. The number of hydrogen-bond donors (Lipinski definition) is 0. The van der Waals surface area contributed by atoms with Crippen molar-refractivity contribution < 1.29 is 4.74 Å². The summed E-state index contributed by atoms with van der Waals surface area (Å²) in [6, 6.07) is 0. The van der Waals surface area contributed by atoms with Crippen LogP contribution < -0.4 is 0 Å². The summed E-state index contributed by atoms with van der Waals surface area (Å²) in [6.07, 6.45) is 5.69. The molecule has 0 amide bonds. The number of methoxy groups -OCH3 is 1. The number of nitrogens with zero attached hydrogens (tertiary/aromatic N) is 2. The van der Waals surface area contributed by atoms with Crippen molar-refractivity contribution in [1.29, 1.82) is 0 Å². The van der Waals surface area contributed by atoms with Crippen LogP contribution in [0.4, 0.5) is 0 Å². The third kappa shape index (κ3) is 1.72. The molecule has 1 fully saturated rings.